The van der Waals surface area contributed by atoms with Crippen molar-refractivity contribution in [1.29, 1.82) is 0 Å². The van der Waals surface area contributed by atoms with Gasteiger partial charge in [0.2, 0.25) is 0 Å². The molecule has 3 nitrogen and oxygen atoms in total. The topological polar surface area (TPSA) is 41.1 Å². The SMILES string of the molecule is Cc1cc(I)ccc1NC(=O)N/C=C/C1CCCCC1. The van der Waals surface area contributed by atoms with Crippen LogP contribution in [0.4, 0.5) is 10.5 Å². The zero-order valence-corrected chi connectivity index (χ0v) is 13.9. The summed E-state index contributed by atoms with van der Waals surface area (Å²) in [7, 11) is 0. The van der Waals surface area contributed by atoms with Crippen LogP contribution < -0.4 is 10.6 Å². The van der Waals surface area contributed by atoms with Crippen molar-refractivity contribution in [3.63, 3.8) is 0 Å². The van der Waals surface area contributed by atoms with Crippen molar-refractivity contribution in [2.75, 3.05) is 5.32 Å². The van der Waals surface area contributed by atoms with Gasteiger partial charge in [-0.25, -0.2) is 4.79 Å². The maximum atomic E-state index is 11.8. The van der Waals surface area contributed by atoms with Gasteiger partial charge in [-0.15, -0.1) is 0 Å². The van der Waals surface area contributed by atoms with E-state index in [2.05, 4.69) is 39.3 Å². The van der Waals surface area contributed by atoms with E-state index in [9.17, 15) is 4.79 Å². The highest BCUT2D eigenvalue weighted by atomic mass is 127. The fourth-order valence-corrected chi connectivity index (χ4v) is 3.16. The van der Waals surface area contributed by atoms with Crippen LogP contribution in [0.2, 0.25) is 0 Å². The third-order valence-electron chi connectivity index (χ3n) is 3.67. The van der Waals surface area contributed by atoms with Crippen molar-refractivity contribution < 1.29 is 4.79 Å². The molecule has 2 N–H and O–H groups in total. The van der Waals surface area contributed by atoms with Crippen LogP contribution in [0.5, 0.6) is 0 Å². The van der Waals surface area contributed by atoms with E-state index in [1.165, 1.54) is 35.7 Å². The van der Waals surface area contributed by atoms with Crippen LogP contribution in [0.3, 0.4) is 0 Å². The Labute approximate surface area is 134 Å². The van der Waals surface area contributed by atoms with E-state index in [-0.39, 0.29) is 6.03 Å². The Hall–Kier alpha value is -1.04. The first-order valence-corrected chi connectivity index (χ1v) is 8.23. The lowest BCUT2D eigenvalue weighted by molar-refractivity contribution is 0.255. The second kappa shape index (κ2) is 7.67. The van der Waals surface area contributed by atoms with Gasteiger partial charge in [0, 0.05) is 15.5 Å². The molecule has 0 heterocycles. The molecule has 1 fully saturated rings. The first-order chi connectivity index (χ1) is 9.65. The molecule has 1 saturated carbocycles. The number of carbonyl (C=O) groups is 1. The smallest absolute Gasteiger partial charge is 0.315 e. The van der Waals surface area contributed by atoms with Crippen LogP contribution in [-0.2, 0) is 0 Å². The molecule has 0 radical (unpaired) electrons. The van der Waals surface area contributed by atoms with E-state index < -0.39 is 0 Å². The van der Waals surface area contributed by atoms with Crippen molar-refractivity contribution in [2.24, 2.45) is 5.92 Å². The number of allylic oxidation sites excluding steroid dienone is 1. The summed E-state index contributed by atoms with van der Waals surface area (Å²) in [5.41, 5.74) is 1.93. The monoisotopic (exact) mass is 384 g/mol. The van der Waals surface area contributed by atoms with Gasteiger partial charge in [0.15, 0.2) is 0 Å². The van der Waals surface area contributed by atoms with Gasteiger partial charge in [0.1, 0.15) is 0 Å². The number of anilines is 1. The second-order valence-electron chi connectivity index (χ2n) is 5.31. The van der Waals surface area contributed by atoms with Crippen LogP contribution in [0, 0.1) is 16.4 Å². The molecule has 0 spiro atoms. The normalized spacial score (nSPS) is 16.3. The highest BCUT2D eigenvalue weighted by Crippen LogP contribution is 2.24. The number of halogens is 1. The summed E-state index contributed by atoms with van der Waals surface area (Å²) in [4.78, 5) is 11.8. The minimum absolute atomic E-state index is 0.179. The maximum Gasteiger partial charge on any atom is 0.323 e. The molecule has 1 aromatic rings. The van der Waals surface area contributed by atoms with Gasteiger partial charge in [-0.1, -0.05) is 25.3 Å². The average molecular weight is 384 g/mol. The number of urea groups is 1. The third kappa shape index (κ3) is 4.81. The Morgan fingerprint density at radius 2 is 2.05 bits per heavy atom. The summed E-state index contributed by atoms with van der Waals surface area (Å²) in [6.07, 6.45) is 10.4. The summed E-state index contributed by atoms with van der Waals surface area (Å²) >= 11 is 2.26. The molecule has 1 aliphatic carbocycles. The number of carbonyl (C=O) groups excluding carboxylic acids is 1. The molecule has 0 bridgehead atoms. The van der Waals surface area contributed by atoms with Gasteiger partial charge in [0.25, 0.3) is 0 Å². The van der Waals surface area contributed by atoms with Gasteiger partial charge >= 0.3 is 6.03 Å². The molecular formula is C16H21IN2O. The lowest BCUT2D eigenvalue weighted by Gasteiger charge is -2.17. The summed E-state index contributed by atoms with van der Waals surface area (Å²) < 4.78 is 1.17. The van der Waals surface area contributed by atoms with Crippen LogP contribution in [0.25, 0.3) is 0 Å². The summed E-state index contributed by atoms with van der Waals surface area (Å²) in [5.74, 6) is 0.629. The zero-order valence-electron chi connectivity index (χ0n) is 11.8. The minimum atomic E-state index is -0.179. The molecule has 0 saturated heterocycles. The molecule has 0 aliphatic heterocycles. The van der Waals surface area contributed by atoms with Crippen molar-refractivity contribution in [3.05, 3.63) is 39.6 Å². The second-order valence-corrected chi connectivity index (χ2v) is 6.56. The van der Waals surface area contributed by atoms with E-state index in [4.69, 9.17) is 0 Å². The average Bonchev–Trinajstić information content (AvgIpc) is 2.43. The molecule has 0 unspecified atom stereocenters. The molecule has 0 aromatic heterocycles. The predicted octanol–water partition coefficient (Wildman–Crippen LogP) is 4.82. The van der Waals surface area contributed by atoms with E-state index in [1.807, 2.05) is 25.1 Å². The Kier molecular flexibility index (Phi) is 5.88. The maximum absolute atomic E-state index is 11.8. The Balaban J connectivity index is 1.81. The number of rotatable bonds is 3. The van der Waals surface area contributed by atoms with Crippen molar-refractivity contribution in [1.82, 2.24) is 5.32 Å². The van der Waals surface area contributed by atoms with Gasteiger partial charge in [-0.05, 0) is 72.0 Å². The van der Waals surface area contributed by atoms with E-state index in [1.54, 1.807) is 6.20 Å². The van der Waals surface area contributed by atoms with Gasteiger partial charge in [0.05, 0.1) is 0 Å². The quantitative estimate of drug-likeness (QED) is 0.722. The van der Waals surface area contributed by atoms with Crippen LogP contribution in [-0.4, -0.2) is 6.03 Å². The number of benzene rings is 1. The Morgan fingerprint density at radius 1 is 1.30 bits per heavy atom. The summed E-state index contributed by atoms with van der Waals surface area (Å²) in [6.45, 7) is 2.00. The summed E-state index contributed by atoms with van der Waals surface area (Å²) in [5, 5.41) is 5.66. The van der Waals surface area contributed by atoms with E-state index >= 15 is 0 Å². The number of hydrogen-bond donors (Lipinski definition) is 2. The van der Waals surface area contributed by atoms with Gasteiger partial charge in [-0.2, -0.15) is 0 Å². The molecule has 2 rings (SSSR count). The lowest BCUT2D eigenvalue weighted by atomic mass is 9.89. The van der Waals surface area contributed by atoms with E-state index in [0.717, 1.165) is 11.3 Å². The third-order valence-corrected chi connectivity index (χ3v) is 4.34. The molecule has 20 heavy (non-hydrogen) atoms. The standard InChI is InChI=1S/C16H21IN2O/c1-12-11-14(17)7-8-15(12)19-16(20)18-10-9-13-5-3-2-4-6-13/h7-11,13H,2-6H2,1H3,(H2,18,19,20)/b10-9+. The highest BCUT2D eigenvalue weighted by molar-refractivity contribution is 14.1. The lowest BCUT2D eigenvalue weighted by Crippen LogP contribution is -2.24. The molecule has 108 valence electrons. The van der Waals surface area contributed by atoms with Crippen LogP contribution in [0.15, 0.2) is 30.5 Å². The Bertz CT molecular complexity index is 493. The molecule has 1 aromatic carbocycles. The van der Waals surface area contributed by atoms with Crippen molar-refractivity contribution in [3.8, 4) is 0 Å². The Morgan fingerprint density at radius 3 is 2.75 bits per heavy atom. The predicted molar refractivity (Wildman–Crippen MR) is 91.8 cm³/mol. The fraction of sp³-hybridized carbons (Fsp3) is 0.438. The van der Waals surface area contributed by atoms with Crippen LogP contribution in [0.1, 0.15) is 37.7 Å². The fourth-order valence-electron chi connectivity index (χ4n) is 2.51. The zero-order chi connectivity index (χ0) is 14.4. The molecule has 2 amide bonds. The van der Waals surface area contributed by atoms with Gasteiger partial charge < -0.3 is 10.6 Å². The van der Waals surface area contributed by atoms with Crippen molar-refractivity contribution in [2.45, 2.75) is 39.0 Å². The molecular weight excluding hydrogens is 363 g/mol. The molecule has 0 atom stereocenters. The van der Waals surface area contributed by atoms with Crippen LogP contribution >= 0.6 is 22.6 Å². The molecule has 4 heteroatoms. The van der Waals surface area contributed by atoms with E-state index in [0.29, 0.717) is 5.92 Å². The number of amides is 2. The highest BCUT2D eigenvalue weighted by Gasteiger charge is 2.09. The molecule has 1 aliphatic rings. The number of hydrogen-bond acceptors (Lipinski definition) is 1. The number of nitrogens with one attached hydrogen (secondary N) is 2. The van der Waals surface area contributed by atoms with Crippen molar-refractivity contribution >= 4 is 34.3 Å². The summed E-state index contributed by atoms with van der Waals surface area (Å²) in [6, 6.07) is 5.79. The first-order valence-electron chi connectivity index (χ1n) is 7.15. The number of aryl methyl sites for hydroxylation is 1. The first kappa shape index (κ1) is 15.4. The largest absolute Gasteiger partial charge is 0.323 e. The minimum Gasteiger partial charge on any atom is -0.315 e. The van der Waals surface area contributed by atoms with Gasteiger partial charge in [-0.3, -0.25) is 0 Å².